The maximum atomic E-state index is 13.1. The van der Waals surface area contributed by atoms with Gasteiger partial charge in [-0.1, -0.05) is 375 Å². The SMILES string of the molecule is CCCCCCCCCCCCCCCCCCCCCCC(=O)OC[C@H](COP(=O)(O)OC[C@@H](O)COP(=O)(O)OC[C@@H](COC(=O)CCCCCCCCC)OC(=O)CCCCCCCCCCC(C)CC)OC(=O)CCCCCCCCCCCCCCCCCCCCCC. The number of carbonyl (C=O) groups excluding carboxylic acids is 4. The van der Waals surface area contributed by atoms with Gasteiger partial charge >= 0.3 is 39.5 Å². The largest absolute Gasteiger partial charge is 0.472 e. The third-order valence-corrected chi connectivity index (χ3v) is 21.0. The molecule has 0 aliphatic rings. The fourth-order valence-electron chi connectivity index (χ4n) is 12.4. The van der Waals surface area contributed by atoms with Crippen molar-refractivity contribution in [1.82, 2.24) is 0 Å². The average molecular weight is 1450 g/mol. The number of unbranched alkanes of at least 4 members (excludes halogenated alkanes) is 51. The molecule has 3 unspecified atom stereocenters. The van der Waals surface area contributed by atoms with Gasteiger partial charge in [0.2, 0.25) is 0 Å². The average Bonchev–Trinajstić information content (AvgIpc) is 1.01. The number of aliphatic hydroxyl groups excluding tert-OH is 1. The number of ether oxygens (including phenoxy) is 4. The molecule has 6 atom stereocenters. The second kappa shape index (κ2) is 73.0. The van der Waals surface area contributed by atoms with E-state index >= 15 is 0 Å². The molecule has 99 heavy (non-hydrogen) atoms. The Bertz CT molecular complexity index is 1890. The van der Waals surface area contributed by atoms with Gasteiger partial charge in [-0.2, -0.15) is 0 Å². The van der Waals surface area contributed by atoms with Crippen molar-refractivity contribution in [3.63, 3.8) is 0 Å². The zero-order chi connectivity index (χ0) is 72.7. The van der Waals surface area contributed by atoms with Gasteiger partial charge in [-0.15, -0.1) is 0 Å². The number of rotatable bonds is 80. The lowest BCUT2D eigenvalue weighted by atomic mass is 9.99. The van der Waals surface area contributed by atoms with Gasteiger partial charge in [-0.05, 0) is 31.6 Å². The smallest absolute Gasteiger partial charge is 0.462 e. The molecule has 0 heterocycles. The summed E-state index contributed by atoms with van der Waals surface area (Å²) in [7, 11) is -9.91. The number of hydrogen-bond acceptors (Lipinski definition) is 15. The van der Waals surface area contributed by atoms with E-state index in [1.54, 1.807) is 0 Å². The first-order valence-corrected chi connectivity index (χ1v) is 44.7. The molecule has 588 valence electrons. The lowest BCUT2D eigenvalue weighted by Gasteiger charge is -2.21. The van der Waals surface area contributed by atoms with E-state index in [-0.39, 0.29) is 25.7 Å². The first kappa shape index (κ1) is 97.1. The molecule has 0 aliphatic heterocycles. The Kier molecular flexibility index (Phi) is 71.6. The molecular weight excluding hydrogens is 1290 g/mol. The van der Waals surface area contributed by atoms with Crippen LogP contribution in [-0.4, -0.2) is 96.7 Å². The van der Waals surface area contributed by atoms with Gasteiger partial charge in [0.1, 0.15) is 19.3 Å². The molecule has 0 aromatic heterocycles. The summed E-state index contributed by atoms with van der Waals surface area (Å²) in [6.07, 6.45) is 64.2. The summed E-state index contributed by atoms with van der Waals surface area (Å²) in [5.74, 6) is -1.35. The van der Waals surface area contributed by atoms with Gasteiger partial charge in [-0.3, -0.25) is 37.3 Å². The van der Waals surface area contributed by atoms with Gasteiger partial charge in [0.25, 0.3) is 0 Å². The van der Waals surface area contributed by atoms with E-state index in [1.807, 2.05) is 0 Å². The molecule has 17 nitrogen and oxygen atoms in total. The number of hydrogen-bond donors (Lipinski definition) is 3. The summed E-state index contributed by atoms with van der Waals surface area (Å²) in [6, 6.07) is 0. The van der Waals surface area contributed by atoms with Crippen LogP contribution in [0.15, 0.2) is 0 Å². The Morgan fingerprint density at radius 1 is 0.283 bits per heavy atom. The fraction of sp³-hybridized carbons (Fsp3) is 0.950. The van der Waals surface area contributed by atoms with Crippen molar-refractivity contribution in [1.29, 1.82) is 0 Å². The normalized spacial score (nSPS) is 14.1. The molecular formula is C80H156O17P2. The standard InChI is InChI=1S/C80H156O17P2/c1-6-10-13-16-19-21-23-25-27-29-31-33-35-37-39-41-43-49-54-59-64-78(83)91-70-76(96-79(84)65-60-55-50-44-42-40-38-36-34-32-30-28-26-24-22-20-17-14-11-7-2)72-95-99(88,89)93-68-74(81)67-92-98(86,87)94-71-75(69-90-77(82)63-58-53-47-18-15-12-8-3)97-80(85)66-61-56-51-46-45-48-52-57-62-73(5)9-4/h73-76,81H,6-72H2,1-5H3,(H,86,87)(H,88,89)/t73?,74-,75+,76+/m0/s1. The quantitative estimate of drug-likeness (QED) is 0.0222. The third-order valence-electron chi connectivity index (χ3n) is 19.1. The van der Waals surface area contributed by atoms with E-state index in [2.05, 4.69) is 34.6 Å². The van der Waals surface area contributed by atoms with Crippen LogP contribution >= 0.6 is 15.6 Å². The number of phosphoric acid groups is 2. The van der Waals surface area contributed by atoms with E-state index in [9.17, 15) is 43.2 Å². The Morgan fingerprint density at radius 3 is 0.717 bits per heavy atom. The molecule has 0 fully saturated rings. The van der Waals surface area contributed by atoms with Crippen LogP contribution in [0.2, 0.25) is 0 Å². The molecule has 3 N–H and O–H groups in total. The zero-order valence-corrected chi connectivity index (χ0v) is 66.4. The highest BCUT2D eigenvalue weighted by Crippen LogP contribution is 2.45. The van der Waals surface area contributed by atoms with Crippen molar-refractivity contribution in [2.45, 2.75) is 445 Å². The van der Waals surface area contributed by atoms with Gasteiger partial charge in [0.05, 0.1) is 26.4 Å². The molecule has 0 radical (unpaired) electrons. The van der Waals surface area contributed by atoms with Crippen molar-refractivity contribution in [2.75, 3.05) is 39.6 Å². The Balaban J connectivity index is 5.16. The van der Waals surface area contributed by atoms with Crippen LogP contribution < -0.4 is 0 Å². The molecule has 0 spiro atoms. The molecule has 0 saturated carbocycles. The monoisotopic (exact) mass is 1450 g/mol. The third kappa shape index (κ3) is 72.8. The van der Waals surface area contributed by atoms with Crippen LogP contribution in [0.25, 0.3) is 0 Å². The van der Waals surface area contributed by atoms with Crippen LogP contribution in [-0.2, 0) is 65.4 Å². The van der Waals surface area contributed by atoms with E-state index in [0.29, 0.717) is 25.7 Å². The second-order valence-corrected chi connectivity index (χ2v) is 32.0. The van der Waals surface area contributed by atoms with E-state index in [0.717, 1.165) is 109 Å². The second-order valence-electron chi connectivity index (χ2n) is 29.1. The van der Waals surface area contributed by atoms with Crippen LogP contribution in [0, 0.1) is 5.92 Å². The summed E-state index contributed by atoms with van der Waals surface area (Å²) < 4.78 is 68.5. The number of phosphoric ester groups is 2. The minimum absolute atomic E-state index is 0.105. The van der Waals surface area contributed by atoms with E-state index in [4.69, 9.17) is 37.0 Å². The summed E-state index contributed by atoms with van der Waals surface area (Å²) >= 11 is 0. The lowest BCUT2D eigenvalue weighted by molar-refractivity contribution is -0.161. The van der Waals surface area contributed by atoms with Crippen molar-refractivity contribution in [3.05, 3.63) is 0 Å². The summed E-state index contributed by atoms with van der Waals surface area (Å²) in [5, 5.41) is 10.6. The number of carbonyl (C=O) groups is 4. The van der Waals surface area contributed by atoms with Gasteiger partial charge < -0.3 is 33.8 Å². The van der Waals surface area contributed by atoms with Crippen LogP contribution in [0.1, 0.15) is 426 Å². The maximum absolute atomic E-state index is 13.1. The van der Waals surface area contributed by atoms with Crippen molar-refractivity contribution in [2.24, 2.45) is 5.92 Å². The minimum Gasteiger partial charge on any atom is -0.462 e. The highest BCUT2D eigenvalue weighted by molar-refractivity contribution is 7.47. The molecule has 19 heteroatoms. The van der Waals surface area contributed by atoms with Crippen molar-refractivity contribution < 1.29 is 80.2 Å². The minimum atomic E-state index is -4.96. The molecule has 0 bridgehead atoms. The van der Waals surface area contributed by atoms with Crippen LogP contribution in [0.5, 0.6) is 0 Å². The highest BCUT2D eigenvalue weighted by Gasteiger charge is 2.30. The molecule has 0 aromatic carbocycles. The Hall–Kier alpha value is -1.94. The Morgan fingerprint density at radius 2 is 0.485 bits per heavy atom. The lowest BCUT2D eigenvalue weighted by Crippen LogP contribution is -2.30. The summed E-state index contributed by atoms with van der Waals surface area (Å²) in [4.78, 5) is 72.8. The number of esters is 4. The Labute approximate surface area is 607 Å². The van der Waals surface area contributed by atoms with E-state index < -0.39 is 97.5 Å². The van der Waals surface area contributed by atoms with Crippen LogP contribution in [0.3, 0.4) is 0 Å². The predicted molar refractivity (Wildman–Crippen MR) is 405 cm³/mol. The van der Waals surface area contributed by atoms with Crippen molar-refractivity contribution >= 4 is 39.5 Å². The first-order chi connectivity index (χ1) is 48.1. The maximum Gasteiger partial charge on any atom is 0.472 e. The number of aliphatic hydroxyl groups is 1. The molecule has 0 aliphatic carbocycles. The van der Waals surface area contributed by atoms with Crippen molar-refractivity contribution in [3.8, 4) is 0 Å². The van der Waals surface area contributed by atoms with Crippen LogP contribution in [0.4, 0.5) is 0 Å². The zero-order valence-electron chi connectivity index (χ0n) is 64.6. The summed E-state index contributed by atoms with van der Waals surface area (Å²) in [5.41, 5.74) is 0. The molecule has 0 rings (SSSR count). The van der Waals surface area contributed by atoms with Gasteiger partial charge in [0.15, 0.2) is 12.2 Å². The summed E-state index contributed by atoms with van der Waals surface area (Å²) in [6.45, 7) is 7.27. The van der Waals surface area contributed by atoms with Gasteiger partial charge in [-0.25, -0.2) is 9.13 Å². The topological polar surface area (TPSA) is 237 Å². The highest BCUT2D eigenvalue weighted by atomic mass is 31.2. The van der Waals surface area contributed by atoms with E-state index in [1.165, 1.54) is 238 Å². The van der Waals surface area contributed by atoms with Gasteiger partial charge in [0, 0.05) is 25.7 Å². The molecule has 0 amide bonds. The predicted octanol–water partition coefficient (Wildman–Crippen LogP) is 24.0. The fourth-order valence-corrected chi connectivity index (χ4v) is 14.0. The molecule has 0 saturated heterocycles. The first-order valence-electron chi connectivity index (χ1n) is 41.7. The molecule has 0 aromatic rings.